The van der Waals surface area contributed by atoms with Crippen LogP contribution in [0.1, 0.15) is 47.2 Å². The molecular weight excluding hydrogens is 224 g/mol. The number of amides is 1. The van der Waals surface area contributed by atoms with Crippen molar-refractivity contribution >= 4 is 5.91 Å². The van der Waals surface area contributed by atoms with E-state index in [9.17, 15) is 4.79 Å². The van der Waals surface area contributed by atoms with Crippen LogP contribution in [0.15, 0.2) is 18.2 Å². The van der Waals surface area contributed by atoms with E-state index in [1.165, 1.54) is 0 Å². The van der Waals surface area contributed by atoms with E-state index >= 15 is 0 Å². The standard InChI is InChI=1S/C15H22N2O/c1-11-7-12(2)9-13(8-11)14(18)17-15(10-16)5-3-4-6-15/h7-9H,3-6,10,16H2,1-2H3,(H,17,18). The summed E-state index contributed by atoms with van der Waals surface area (Å²) in [7, 11) is 0. The van der Waals surface area contributed by atoms with Crippen LogP contribution in [0.3, 0.4) is 0 Å². The number of benzene rings is 1. The molecule has 2 rings (SSSR count). The van der Waals surface area contributed by atoms with Crippen LogP contribution in [0.2, 0.25) is 0 Å². The van der Waals surface area contributed by atoms with E-state index < -0.39 is 0 Å². The van der Waals surface area contributed by atoms with Crippen molar-refractivity contribution in [3.05, 3.63) is 34.9 Å². The van der Waals surface area contributed by atoms with Crippen molar-refractivity contribution in [2.24, 2.45) is 5.73 Å². The first-order valence-corrected chi connectivity index (χ1v) is 6.66. The molecule has 1 aromatic carbocycles. The van der Waals surface area contributed by atoms with Gasteiger partial charge in [0.2, 0.25) is 0 Å². The Morgan fingerprint density at radius 1 is 1.22 bits per heavy atom. The van der Waals surface area contributed by atoms with Gasteiger partial charge in [0.1, 0.15) is 0 Å². The molecule has 1 aliphatic carbocycles. The lowest BCUT2D eigenvalue weighted by atomic mass is 9.96. The first kappa shape index (κ1) is 13.1. The van der Waals surface area contributed by atoms with Gasteiger partial charge in [0.05, 0.1) is 5.54 Å². The molecule has 0 heterocycles. The summed E-state index contributed by atoms with van der Waals surface area (Å²) in [6.45, 7) is 4.56. The third kappa shape index (κ3) is 2.72. The number of hydrogen-bond donors (Lipinski definition) is 2. The molecule has 0 saturated heterocycles. The van der Waals surface area contributed by atoms with Gasteiger partial charge in [-0.2, -0.15) is 0 Å². The highest BCUT2D eigenvalue weighted by molar-refractivity contribution is 5.95. The Kier molecular flexibility index (Phi) is 3.71. The highest BCUT2D eigenvalue weighted by atomic mass is 16.1. The molecule has 0 radical (unpaired) electrons. The van der Waals surface area contributed by atoms with E-state index in [0.29, 0.717) is 6.54 Å². The third-order valence-electron chi connectivity index (χ3n) is 3.81. The molecule has 0 aromatic heterocycles. The van der Waals surface area contributed by atoms with Crippen LogP contribution >= 0.6 is 0 Å². The summed E-state index contributed by atoms with van der Waals surface area (Å²) in [5, 5.41) is 3.15. The largest absolute Gasteiger partial charge is 0.345 e. The fourth-order valence-corrected chi connectivity index (χ4v) is 2.85. The SMILES string of the molecule is Cc1cc(C)cc(C(=O)NC2(CN)CCCC2)c1. The molecule has 3 nitrogen and oxygen atoms in total. The lowest BCUT2D eigenvalue weighted by molar-refractivity contribution is 0.0903. The molecule has 0 bridgehead atoms. The zero-order chi connectivity index (χ0) is 13.2. The Morgan fingerprint density at radius 3 is 2.28 bits per heavy atom. The van der Waals surface area contributed by atoms with Crippen molar-refractivity contribution in [1.29, 1.82) is 0 Å². The molecule has 1 saturated carbocycles. The van der Waals surface area contributed by atoms with E-state index in [-0.39, 0.29) is 11.4 Å². The monoisotopic (exact) mass is 246 g/mol. The van der Waals surface area contributed by atoms with Crippen molar-refractivity contribution in [2.75, 3.05) is 6.54 Å². The Balaban J connectivity index is 2.16. The Bertz CT molecular complexity index is 428. The third-order valence-corrected chi connectivity index (χ3v) is 3.81. The molecule has 0 spiro atoms. The van der Waals surface area contributed by atoms with E-state index in [1.54, 1.807) is 0 Å². The van der Waals surface area contributed by atoms with Gasteiger partial charge < -0.3 is 11.1 Å². The number of rotatable bonds is 3. The molecule has 1 amide bonds. The minimum absolute atomic E-state index is 0.00847. The lowest BCUT2D eigenvalue weighted by Crippen LogP contribution is -2.51. The molecule has 1 aliphatic rings. The van der Waals surface area contributed by atoms with Crippen molar-refractivity contribution in [3.8, 4) is 0 Å². The van der Waals surface area contributed by atoms with Gasteiger partial charge in [-0.15, -0.1) is 0 Å². The second kappa shape index (κ2) is 5.11. The molecular formula is C15H22N2O. The highest BCUT2D eigenvalue weighted by Gasteiger charge is 2.34. The molecule has 1 aromatic rings. The van der Waals surface area contributed by atoms with E-state index in [4.69, 9.17) is 5.73 Å². The zero-order valence-electron chi connectivity index (χ0n) is 11.3. The molecule has 3 N–H and O–H groups in total. The average molecular weight is 246 g/mol. The molecule has 0 aliphatic heterocycles. The maximum absolute atomic E-state index is 12.3. The second-order valence-electron chi connectivity index (χ2n) is 5.52. The van der Waals surface area contributed by atoms with Gasteiger partial charge in [0.25, 0.3) is 5.91 Å². The molecule has 3 heteroatoms. The number of carbonyl (C=O) groups excluding carboxylic acids is 1. The summed E-state index contributed by atoms with van der Waals surface area (Å²) in [6, 6.07) is 5.94. The van der Waals surface area contributed by atoms with Gasteiger partial charge in [-0.25, -0.2) is 0 Å². The van der Waals surface area contributed by atoms with Crippen LogP contribution in [0.5, 0.6) is 0 Å². The van der Waals surface area contributed by atoms with Crippen molar-refractivity contribution in [1.82, 2.24) is 5.32 Å². The molecule has 1 fully saturated rings. The van der Waals surface area contributed by atoms with Gasteiger partial charge in [0, 0.05) is 12.1 Å². The van der Waals surface area contributed by atoms with Gasteiger partial charge in [-0.3, -0.25) is 4.79 Å². The van der Waals surface area contributed by atoms with E-state index in [2.05, 4.69) is 11.4 Å². The van der Waals surface area contributed by atoms with Crippen LogP contribution in [0, 0.1) is 13.8 Å². The van der Waals surface area contributed by atoms with Gasteiger partial charge in [-0.1, -0.05) is 30.0 Å². The smallest absolute Gasteiger partial charge is 0.251 e. The first-order chi connectivity index (χ1) is 8.54. The molecule has 0 atom stereocenters. The van der Waals surface area contributed by atoms with Crippen LogP contribution in [0.4, 0.5) is 0 Å². The molecule has 98 valence electrons. The van der Waals surface area contributed by atoms with Crippen LogP contribution in [-0.2, 0) is 0 Å². The normalized spacial score (nSPS) is 17.7. The van der Waals surface area contributed by atoms with Crippen LogP contribution in [0.25, 0.3) is 0 Å². The van der Waals surface area contributed by atoms with Gasteiger partial charge >= 0.3 is 0 Å². The number of carbonyl (C=O) groups is 1. The number of hydrogen-bond acceptors (Lipinski definition) is 2. The summed E-state index contributed by atoms with van der Waals surface area (Å²) in [4.78, 5) is 12.3. The highest BCUT2D eigenvalue weighted by Crippen LogP contribution is 2.29. The summed E-state index contributed by atoms with van der Waals surface area (Å²) in [6.07, 6.45) is 4.31. The lowest BCUT2D eigenvalue weighted by Gasteiger charge is -2.28. The minimum Gasteiger partial charge on any atom is -0.345 e. The van der Waals surface area contributed by atoms with Gasteiger partial charge in [-0.05, 0) is 38.8 Å². The van der Waals surface area contributed by atoms with Crippen molar-refractivity contribution in [2.45, 2.75) is 45.1 Å². The number of nitrogens with one attached hydrogen (secondary N) is 1. The first-order valence-electron chi connectivity index (χ1n) is 6.66. The zero-order valence-corrected chi connectivity index (χ0v) is 11.3. The van der Waals surface area contributed by atoms with Crippen molar-refractivity contribution < 1.29 is 4.79 Å². The predicted octanol–water partition coefficient (Wildman–Crippen LogP) is 2.30. The summed E-state index contributed by atoms with van der Waals surface area (Å²) in [5.41, 5.74) is 8.65. The topological polar surface area (TPSA) is 55.1 Å². The van der Waals surface area contributed by atoms with Crippen LogP contribution in [-0.4, -0.2) is 18.0 Å². The minimum atomic E-state index is -0.172. The molecule has 0 unspecified atom stereocenters. The van der Waals surface area contributed by atoms with Gasteiger partial charge in [0.15, 0.2) is 0 Å². The van der Waals surface area contributed by atoms with Crippen molar-refractivity contribution in [3.63, 3.8) is 0 Å². The van der Waals surface area contributed by atoms with Crippen LogP contribution < -0.4 is 11.1 Å². The van der Waals surface area contributed by atoms with E-state index in [1.807, 2.05) is 26.0 Å². The number of aryl methyl sites for hydroxylation is 2. The second-order valence-corrected chi connectivity index (χ2v) is 5.52. The average Bonchev–Trinajstić information content (AvgIpc) is 2.77. The molecule has 18 heavy (non-hydrogen) atoms. The number of nitrogens with two attached hydrogens (primary N) is 1. The summed E-state index contributed by atoms with van der Waals surface area (Å²) >= 11 is 0. The quantitative estimate of drug-likeness (QED) is 0.860. The Morgan fingerprint density at radius 2 is 1.78 bits per heavy atom. The van der Waals surface area contributed by atoms with E-state index in [0.717, 1.165) is 42.4 Å². The predicted molar refractivity (Wildman–Crippen MR) is 73.6 cm³/mol. The maximum atomic E-state index is 12.3. The summed E-state index contributed by atoms with van der Waals surface area (Å²) < 4.78 is 0. The fraction of sp³-hybridized carbons (Fsp3) is 0.533. The Labute approximate surface area is 109 Å². The Hall–Kier alpha value is -1.35. The summed E-state index contributed by atoms with van der Waals surface area (Å²) in [5.74, 6) is 0.00847. The maximum Gasteiger partial charge on any atom is 0.251 e. The fourth-order valence-electron chi connectivity index (χ4n) is 2.85.